The fraction of sp³-hybridized carbons (Fsp3) is 0.526. The smallest absolute Gasteiger partial charge is 0.222 e. The van der Waals surface area contributed by atoms with Crippen LogP contribution < -0.4 is 0 Å². The molecule has 132 valence electrons. The second kappa shape index (κ2) is 6.96. The fourth-order valence-electron chi connectivity index (χ4n) is 4.17. The first-order valence-electron chi connectivity index (χ1n) is 8.95. The third-order valence-corrected chi connectivity index (χ3v) is 5.71. The molecule has 1 aliphatic heterocycles. The van der Waals surface area contributed by atoms with Gasteiger partial charge in [-0.3, -0.25) is 4.79 Å². The summed E-state index contributed by atoms with van der Waals surface area (Å²) in [4.78, 5) is 14.6. The lowest BCUT2D eigenvalue weighted by molar-refractivity contribution is -0.132. The molecule has 0 bridgehead atoms. The lowest BCUT2D eigenvalue weighted by Gasteiger charge is -2.36. The van der Waals surface area contributed by atoms with Gasteiger partial charge >= 0.3 is 0 Å². The molecule has 2 aromatic rings. The van der Waals surface area contributed by atoms with Crippen molar-refractivity contribution in [3.8, 4) is 0 Å². The van der Waals surface area contributed by atoms with Crippen molar-refractivity contribution in [1.29, 1.82) is 0 Å². The molecule has 25 heavy (non-hydrogen) atoms. The molecule has 1 aromatic heterocycles. The van der Waals surface area contributed by atoms with Crippen LogP contribution in [0.3, 0.4) is 0 Å². The third kappa shape index (κ3) is 3.31. The predicted molar refractivity (Wildman–Crippen MR) is 93.0 cm³/mol. The van der Waals surface area contributed by atoms with Gasteiger partial charge in [0.2, 0.25) is 5.91 Å². The molecule has 0 radical (unpaired) electrons. The Morgan fingerprint density at radius 3 is 2.76 bits per heavy atom. The zero-order valence-corrected chi connectivity index (χ0v) is 14.5. The minimum atomic E-state index is -0.00694. The number of hydrogen-bond donors (Lipinski definition) is 1. The maximum absolute atomic E-state index is 12.7. The highest BCUT2D eigenvalue weighted by Gasteiger charge is 2.39. The molecule has 1 saturated carbocycles. The molecule has 2 fully saturated rings. The van der Waals surface area contributed by atoms with Gasteiger partial charge in [-0.15, -0.1) is 0 Å². The summed E-state index contributed by atoms with van der Waals surface area (Å²) in [5, 5.41) is 10.7. The topological polar surface area (TPSA) is 71.1 Å². The minimum absolute atomic E-state index is 0.00694. The van der Waals surface area contributed by atoms with Crippen LogP contribution >= 0.6 is 0 Å². The number of aromatic amines is 1. The Bertz CT molecular complexity index is 697. The molecule has 0 spiro atoms. The number of H-pyrrole nitrogens is 1. The summed E-state index contributed by atoms with van der Waals surface area (Å²) in [5.41, 5.74) is 2.27. The maximum atomic E-state index is 12.7. The summed E-state index contributed by atoms with van der Waals surface area (Å²) in [6, 6.07) is 10.6. The Morgan fingerprint density at radius 1 is 1.28 bits per heavy atom. The van der Waals surface area contributed by atoms with E-state index >= 15 is 0 Å². The SMILES string of the molecule is CO[C@@H]1CN(C(=O)CC2CC(c3ccccc3)C2)C[C@H]1c1cn[nH]n1. The average molecular weight is 340 g/mol. The highest BCUT2D eigenvalue weighted by molar-refractivity contribution is 5.77. The van der Waals surface area contributed by atoms with E-state index in [9.17, 15) is 4.79 Å². The van der Waals surface area contributed by atoms with Gasteiger partial charge in [0.15, 0.2) is 0 Å². The zero-order valence-electron chi connectivity index (χ0n) is 14.5. The summed E-state index contributed by atoms with van der Waals surface area (Å²) in [7, 11) is 1.70. The van der Waals surface area contributed by atoms with E-state index in [1.807, 2.05) is 11.0 Å². The number of nitrogens with one attached hydrogen (secondary N) is 1. The Labute approximate surface area is 147 Å². The van der Waals surface area contributed by atoms with Gasteiger partial charge in [0, 0.05) is 26.6 Å². The van der Waals surface area contributed by atoms with E-state index in [-0.39, 0.29) is 17.9 Å². The molecule has 2 atom stereocenters. The van der Waals surface area contributed by atoms with Crippen molar-refractivity contribution in [2.75, 3.05) is 20.2 Å². The van der Waals surface area contributed by atoms with Gasteiger partial charge in [0.05, 0.1) is 23.9 Å². The molecular formula is C19H24N4O2. The normalized spacial score (nSPS) is 28.8. The summed E-state index contributed by atoms with van der Waals surface area (Å²) >= 11 is 0. The quantitative estimate of drug-likeness (QED) is 0.907. The third-order valence-electron chi connectivity index (χ3n) is 5.71. The van der Waals surface area contributed by atoms with Crippen molar-refractivity contribution in [2.24, 2.45) is 5.92 Å². The number of ether oxygens (including phenoxy) is 1. The first-order chi connectivity index (χ1) is 12.2. The predicted octanol–water partition coefficient (Wildman–Crippen LogP) is 2.33. The number of carbonyl (C=O) groups is 1. The lowest BCUT2D eigenvalue weighted by atomic mass is 9.70. The number of benzene rings is 1. The van der Waals surface area contributed by atoms with Gasteiger partial charge in [-0.2, -0.15) is 15.4 Å². The molecule has 6 nitrogen and oxygen atoms in total. The Balaban J connectivity index is 1.31. The summed E-state index contributed by atoms with van der Waals surface area (Å²) in [5.74, 6) is 1.47. The molecule has 1 saturated heterocycles. The molecule has 1 N–H and O–H groups in total. The maximum Gasteiger partial charge on any atom is 0.222 e. The van der Waals surface area contributed by atoms with Crippen LogP contribution in [-0.2, 0) is 9.53 Å². The molecule has 0 unspecified atom stereocenters. The van der Waals surface area contributed by atoms with Crippen LogP contribution in [0, 0.1) is 5.92 Å². The number of aromatic nitrogens is 3. The molecule has 2 heterocycles. The number of hydrogen-bond acceptors (Lipinski definition) is 4. The van der Waals surface area contributed by atoms with E-state index in [1.54, 1.807) is 13.3 Å². The number of nitrogens with zero attached hydrogens (tertiary/aromatic N) is 3. The number of carbonyl (C=O) groups excluding carboxylic acids is 1. The van der Waals surface area contributed by atoms with E-state index < -0.39 is 0 Å². The zero-order chi connectivity index (χ0) is 17.2. The lowest BCUT2D eigenvalue weighted by Crippen LogP contribution is -2.34. The standard InChI is InChI=1S/C19H24N4O2/c1-25-18-12-23(11-16(18)17-10-20-22-21-17)19(24)9-13-7-15(8-13)14-5-3-2-4-6-14/h2-6,10,13,15-16,18H,7-9,11-12H2,1H3,(H,20,21,22)/t13?,15?,16-,18+/m0/s1. The first kappa shape index (κ1) is 16.3. The van der Waals surface area contributed by atoms with E-state index in [2.05, 4.69) is 39.7 Å². The molecule has 6 heteroatoms. The highest BCUT2D eigenvalue weighted by atomic mass is 16.5. The van der Waals surface area contributed by atoms with E-state index in [4.69, 9.17) is 4.74 Å². The minimum Gasteiger partial charge on any atom is -0.379 e. The van der Waals surface area contributed by atoms with Crippen LogP contribution in [0.25, 0.3) is 0 Å². The van der Waals surface area contributed by atoms with E-state index in [0.717, 1.165) is 18.5 Å². The van der Waals surface area contributed by atoms with Crippen LogP contribution in [0.5, 0.6) is 0 Å². The fourth-order valence-corrected chi connectivity index (χ4v) is 4.17. The largest absolute Gasteiger partial charge is 0.379 e. The average Bonchev–Trinajstić information content (AvgIpc) is 3.27. The Kier molecular flexibility index (Phi) is 4.53. The molecule has 1 amide bonds. The number of methoxy groups -OCH3 is 1. The van der Waals surface area contributed by atoms with Gasteiger partial charge in [0.25, 0.3) is 0 Å². The molecule has 1 aliphatic carbocycles. The van der Waals surface area contributed by atoms with Gasteiger partial charge < -0.3 is 9.64 Å². The van der Waals surface area contributed by atoms with Gasteiger partial charge in [-0.1, -0.05) is 30.3 Å². The van der Waals surface area contributed by atoms with Crippen molar-refractivity contribution in [1.82, 2.24) is 20.3 Å². The number of rotatable bonds is 5. The van der Waals surface area contributed by atoms with Crippen LogP contribution in [0.15, 0.2) is 36.5 Å². The molecule has 1 aromatic carbocycles. The summed E-state index contributed by atoms with van der Waals surface area (Å²) < 4.78 is 5.57. The second-order valence-electron chi connectivity index (χ2n) is 7.22. The summed E-state index contributed by atoms with van der Waals surface area (Å²) in [6.45, 7) is 1.31. The van der Waals surface area contributed by atoms with Crippen LogP contribution in [-0.4, -0.2) is 52.5 Å². The second-order valence-corrected chi connectivity index (χ2v) is 7.22. The monoisotopic (exact) mass is 340 g/mol. The van der Waals surface area contributed by atoms with E-state index in [1.165, 1.54) is 5.56 Å². The highest BCUT2D eigenvalue weighted by Crippen LogP contribution is 2.43. The van der Waals surface area contributed by atoms with Gasteiger partial charge in [0.1, 0.15) is 0 Å². The van der Waals surface area contributed by atoms with Gasteiger partial charge in [-0.05, 0) is 30.2 Å². The van der Waals surface area contributed by atoms with Crippen LogP contribution in [0.4, 0.5) is 0 Å². The summed E-state index contributed by atoms with van der Waals surface area (Å²) in [6.07, 6.45) is 4.59. The van der Waals surface area contributed by atoms with Crippen molar-refractivity contribution in [3.63, 3.8) is 0 Å². The molecule has 4 rings (SSSR count). The van der Waals surface area contributed by atoms with Crippen molar-refractivity contribution < 1.29 is 9.53 Å². The van der Waals surface area contributed by atoms with Crippen molar-refractivity contribution in [3.05, 3.63) is 47.8 Å². The molecular weight excluding hydrogens is 316 g/mol. The number of likely N-dealkylation sites (tertiary alicyclic amines) is 1. The van der Waals surface area contributed by atoms with Crippen molar-refractivity contribution in [2.45, 2.75) is 37.2 Å². The number of amides is 1. The van der Waals surface area contributed by atoms with E-state index in [0.29, 0.717) is 31.3 Å². The Morgan fingerprint density at radius 2 is 2.08 bits per heavy atom. The molecule has 2 aliphatic rings. The first-order valence-corrected chi connectivity index (χ1v) is 8.95. The van der Waals surface area contributed by atoms with Crippen molar-refractivity contribution >= 4 is 5.91 Å². The van der Waals surface area contributed by atoms with Gasteiger partial charge in [-0.25, -0.2) is 0 Å². The van der Waals surface area contributed by atoms with Crippen LogP contribution in [0.2, 0.25) is 0 Å². The van der Waals surface area contributed by atoms with Crippen LogP contribution in [0.1, 0.15) is 42.4 Å². The Hall–Kier alpha value is -2.21.